The van der Waals surface area contributed by atoms with E-state index in [1.807, 2.05) is 0 Å². The summed E-state index contributed by atoms with van der Waals surface area (Å²) in [4.78, 5) is 9.70. The van der Waals surface area contributed by atoms with Gasteiger partial charge in [0, 0.05) is 0 Å². The van der Waals surface area contributed by atoms with Crippen LogP contribution in [0.4, 0.5) is 4.79 Å². The van der Waals surface area contributed by atoms with Crippen molar-refractivity contribution in [1.82, 2.24) is 0 Å². The minimum absolute atomic E-state index is 0.231. The molecule has 0 saturated heterocycles. The van der Waals surface area contributed by atoms with Crippen molar-refractivity contribution >= 4 is 25.7 Å². The maximum atomic E-state index is 9.70. The molecule has 0 unspecified atom stereocenters. The molecule has 1 heterocycles. The maximum absolute atomic E-state index is 9.70. The number of carboxylic acid groups (broad SMARTS) is 1. The van der Waals surface area contributed by atoms with E-state index in [1.165, 1.54) is 0 Å². The summed E-state index contributed by atoms with van der Waals surface area (Å²) in [5.74, 6) is -0.741. The number of hydrogen-bond acceptors (Lipinski definition) is 1. The van der Waals surface area contributed by atoms with Gasteiger partial charge in [0.1, 0.15) is 0 Å². The topological polar surface area (TPSA) is 37.3 Å². The van der Waals surface area contributed by atoms with Gasteiger partial charge in [-0.3, -0.25) is 0 Å². The van der Waals surface area contributed by atoms with Crippen molar-refractivity contribution in [3.05, 3.63) is 0 Å². The van der Waals surface area contributed by atoms with E-state index in [1.54, 1.807) is 13.4 Å². The summed E-state index contributed by atoms with van der Waals surface area (Å²) >= 11 is 0. The summed E-state index contributed by atoms with van der Waals surface area (Å²) in [5, 5.41) is 7.99. The monoisotopic (exact) mass is 78.0 g/mol. The van der Waals surface area contributed by atoms with Crippen LogP contribution in [-0.2, 0) is 0 Å². The normalized spacial score (nSPS) is 12.3. The molecule has 5 heteroatoms. The second kappa shape index (κ2) is 1.07. The third-order valence-electron chi connectivity index (χ3n) is 0.670. The van der Waals surface area contributed by atoms with Crippen molar-refractivity contribution in [2.24, 2.45) is 0 Å². The van der Waals surface area contributed by atoms with Crippen LogP contribution in [0.15, 0.2) is 0 Å². The first-order valence-corrected chi connectivity index (χ1v) is 1.72. The quantitative estimate of drug-likeness (QED) is 0.411. The van der Waals surface area contributed by atoms with Crippen LogP contribution < -0.4 is 0 Å². The molecule has 1 aliphatic rings. The van der Waals surface area contributed by atoms with Crippen molar-refractivity contribution in [1.29, 1.82) is 0 Å². The van der Waals surface area contributed by atoms with Crippen molar-refractivity contribution in [3.63, 3.8) is 0 Å². The zero-order chi connectivity index (χ0) is 4.57. The van der Waals surface area contributed by atoms with Gasteiger partial charge in [0.25, 0.3) is 0 Å². The molecule has 0 bridgehead atoms. The number of hydrogen-bond donors (Lipinski definition) is 1. The van der Waals surface area contributed by atoms with Crippen molar-refractivity contribution in [3.8, 4) is 0 Å². The Bertz CT molecular complexity index is 101. The fraction of sp³-hybridized carbons (Fsp3) is 0. The zero-order valence-corrected chi connectivity index (χ0v) is 3.09. The molecule has 0 saturated carbocycles. The molecule has 0 aliphatic carbocycles. The van der Waals surface area contributed by atoms with E-state index < -0.39 is 5.87 Å². The average molecular weight is 77.5 g/mol. The van der Waals surface area contributed by atoms with Crippen molar-refractivity contribution in [2.75, 3.05) is 0 Å². The molecular weight excluding hydrogens is 76.4 g/mol. The van der Waals surface area contributed by atoms with Gasteiger partial charge < -0.3 is 0 Å². The van der Waals surface area contributed by atoms with E-state index in [4.69, 9.17) is 5.11 Å². The molecule has 1 rings (SSSR count). The molecule has 0 amide bonds. The summed E-state index contributed by atoms with van der Waals surface area (Å²) in [7, 11) is 0. The SMILES string of the molecule is O=C(O)B1B=B1. The van der Waals surface area contributed by atoms with E-state index >= 15 is 0 Å². The average Bonchev–Trinajstić information content (AvgIpc) is 2.06. The molecule has 0 radical (unpaired) electrons. The Kier molecular flexibility index (Phi) is 0.683. The van der Waals surface area contributed by atoms with Crippen LogP contribution in [0.5, 0.6) is 0 Å². The summed E-state index contributed by atoms with van der Waals surface area (Å²) in [6.45, 7) is 3.05. The molecular formula is CHB3O2. The van der Waals surface area contributed by atoms with Crippen molar-refractivity contribution in [2.45, 2.75) is 0 Å². The second-order valence-electron chi connectivity index (χ2n) is 1.25. The molecule has 1 aliphatic heterocycles. The second-order valence-corrected chi connectivity index (χ2v) is 1.25. The van der Waals surface area contributed by atoms with Gasteiger partial charge >= 0.3 is 35.6 Å². The summed E-state index contributed by atoms with van der Waals surface area (Å²) in [6.07, 6.45) is 0. The van der Waals surface area contributed by atoms with Crippen molar-refractivity contribution < 1.29 is 9.90 Å². The van der Waals surface area contributed by atoms with Gasteiger partial charge in [0.15, 0.2) is 0 Å². The Labute approximate surface area is 36.7 Å². The van der Waals surface area contributed by atoms with Crippen LogP contribution in [0.3, 0.4) is 0 Å². The van der Waals surface area contributed by atoms with Crippen LogP contribution in [0.1, 0.15) is 0 Å². The Morgan fingerprint density at radius 3 is 2.17 bits per heavy atom. The van der Waals surface area contributed by atoms with Gasteiger partial charge in [-0.05, 0) is 0 Å². The standard InChI is InChI=1S/CHB3O2/c5-1(6)4-2-3-4/h(H,5,6). The summed E-state index contributed by atoms with van der Waals surface area (Å²) in [5.41, 5.74) is 0. The van der Waals surface area contributed by atoms with Gasteiger partial charge in [-0.15, -0.1) is 0 Å². The molecule has 0 fully saturated rings. The molecule has 26 valence electrons. The van der Waals surface area contributed by atoms with Crippen LogP contribution in [0, 0.1) is 0 Å². The van der Waals surface area contributed by atoms with Gasteiger partial charge in [-0.1, -0.05) is 0 Å². The molecule has 2 nitrogen and oxygen atoms in total. The van der Waals surface area contributed by atoms with Gasteiger partial charge in [0.2, 0.25) is 0 Å². The Morgan fingerprint density at radius 1 is 1.67 bits per heavy atom. The number of rotatable bonds is 1. The minimum atomic E-state index is -0.741. The van der Waals surface area contributed by atoms with E-state index in [2.05, 4.69) is 0 Å². The zero-order valence-electron chi connectivity index (χ0n) is 3.09. The first kappa shape index (κ1) is 3.84. The Balaban J connectivity index is 2.35. The molecule has 0 aromatic carbocycles. The van der Waals surface area contributed by atoms with Gasteiger partial charge in [-0.25, -0.2) is 0 Å². The van der Waals surface area contributed by atoms with E-state index in [9.17, 15) is 4.79 Å². The van der Waals surface area contributed by atoms with Crippen LogP contribution in [-0.4, -0.2) is 30.9 Å². The summed E-state index contributed by atoms with van der Waals surface area (Å²) in [6, 6.07) is 0. The predicted octanol–water partition coefficient (Wildman–Crippen LogP) is -0.929. The molecule has 6 heavy (non-hydrogen) atoms. The third kappa shape index (κ3) is 0.586. The first-order valence-electron chi connectivity index (χ1n) is 1.72. The Hall–Kier alpha value is -0.335. The molecule has 0 atom stereocenters. The molecule has 1 N–H and O–H groups in total. The number of carbonyl (C=O) groups is 1. The van der Waals surface area contributed by atoms with E-state index in [-0.39, 0.29) is 6.49 Å². The molecule has 0 aromatic heterocycles. The predicted molar refractivity (Wildman–Crippen MR) is 25.3 cm³/mol. The fourth-order valence-corrected chi connectivity index (χ4v) is 0.220. The third-order valence-corrected chi connectivity index (χ3v) is 0.670. The van der Waals surface area contributed by atoms with Gasteiger partial charge in [-0.2, -0.15) is 0 Å². The summed E-state index contributed by atoms with van der Waals surface area (Å²) < 4.78 is 0. The molecule has 0 aromatic rings. The van der Waals surface area contributed by atoms with Crippen LogP contribution in [0.25, 0.3) is 0 Å². The van der Waals surface area contributed by atoms with Gasteiger partial charge in [0.05, 0.1) is 0 Å². The van der Waals surface area contributed by atoms with Crippen LogP contribution >= 0.6 is 0 Å². The molecule has 0 spiro atoms. The van der Waals surface area contributed by atoms with E-state index in [0.717, 1.165) is 0 Å². The first-order chi connectivity index (χ1) is 2.80. The Morgan fingerprint density at radius 2 is 2.17 bits per heavy atom. The fourth-order valence-electron chi connectivity index (χ4n) is 0.220. The van der Waals surface area contributed by atoms with E-state index in [0.29, 0.717) is 0 Å². The van der Waals surface area contributed by atoms with Crippen LogP contribution in [0.2, 0.25) is 0 Å².